The van der Waals surface area contributed by atoms with Gasteiger partial charge in [0.05, 0.1) is 12.2 Å². The van der Waals surface area contributed by atoms with Crippen molar-refractivity contribution in [1.29, 1.82) is 0 Å². The molecular formula is C11H15F3O4. The van der Waals surface area contributed by atoms with Gasteiger partial charge < -0.3 is 18.9 Å². The highest BCUT2D eigenvalue weighted by molar-refractivity contribution is 5.19. The molecule has 0 radical (unpaired) electrons. The summed E-state index contributed by atoms with van der Waals surface area (Å²) in [4.78, 5) is 0. The number of rotatable bonds is 1. The van der Waals surface area contributed by atoms with Gasteiger partial charge in [0.25, 0.3) is 0 Å². The van der Waals surface area contributed by atoms with Gasteiger partial charge in [-0.15, -0.1) is 0 Å². The third-order valence-electron chi connectivity index (χ3n) is 2.82. The van der Waals surface area contributed by atoms with E-state index in [9.17, 15) is 13.2 Å². The van der Waals surface area contributed by atoms with Crippen LogP contribution in [-0.4, -0.2) is 44.2 Å². The van der Waals surface area contributed by atoms with E-state index in [0.717, 1.165) is 6.08 Å². The standard InChI is InChI=1S/C11H15F3O4/c1-10(2)16-5-8-7(18-10)4-6(11(12,13)14)9(15-3)17-8/h4,7-9H,5H2,1-3H3/t7-,8+,9-/m0/s1. The summed E-state index contributed by atoms with van der Waals surface area (Å²) in [5.74, 6) is -0.919. The van der Waals surface area contributed by atoms with E-state index in [-0.39, 0.29) is 6.61 Å². The van der Waals surface area contributed by atoms with Crippen LogP contribution in [0.3, 0.4) is 0 Å². The number of ether oxygens (including phenoxy) is 4. The molecule has 4 nitrogen and oxygen atoms in total. The zero-order valence-corrected chi connectivity index (χ0v) is 10.3. The molecule has 0 aromatic carbocycles. The van der Waals surface area contributed by atoms with Gasteiger partial charge in [-0.1, -0.05) is 0 Å². The fraction of sp³-hybridized carbons (Fsp3) is 0.818. The van der Waals surface area contributed by atoms with Crippen molar-refractivity contribution < 1.29 is 32.1 Å². The fourth-order valence-electron chi connectivity index (χ4n) is 1.97. The van der Waals surface area contributed by atoms with Crippen LogP contribution in [0.4, 0.5) is 13.2 Å². The molecule has 2 rings (SSSR count). The number of hydrogen-bond acceptors (Lipinski definition) is 4. The summed E-state index contributed by atoms with van der Waals surface area (Å²) in [6, 6.07) is 0. The van der Waals surface area contributed by atoms with Gasteiger partial charge in [0.1, 0.15) is 12.2 Å². The molecule has 1 saturated heterocycles. The van der Waals surface area contributed by atoms with Crippen LogP contribution in [0, 0.1) is 0 Å². The van der Waals surface area contributed by atoms with Crippen molar-refractivity contribution in [2.45, 2.75) is 44.3 Å². The lowest BCUT2D eigenvalue weighted by Gasteiger charge is -2.43. The van der Waals surface area contributed by atoms with E-state index in [2.05, 4.69) is 0 Å². The predicted molar refractivity (Wildman–Crippen MR) is 54.7 cm³/mol. The summed E-state index contributed by atoms with van der Waals surface area (Å²) in [6.45, 7) is 3.46. The second-order valence-corrected chi connectivity index (χ2v) is 4.66. The van der Waals surface area contributed by atoms with Crippen molar-refractivity contribution in [3.05, 3.63) is 11.6 Å². The average Bonchev–Trinajstić information content (AvgIpc) is 2.25. The van der Waals surface area contributed by atoms with Crippen molar-refractivity contribution in [3.63, 3.8) is 0 Å². The molecule has 0 aliphatic carbocycles. The fourth-order valence-corrected chi connectivity index (χ4v) is 1.97. The van der Waals surface area contributed by atoms with E-state index in [1.54, 1.807) is 13.8 Å². The Balaban J connectivity index is 2.26. The first-order valence-corrected chi connectivity index (χ1v) is 5.52. The maximum absolute atomic E-state index is 12.8. The average molecular weight is 268 g/mol. The summed E-state index contributed by atoms with van der Waals surface area (Å²) in [5, 5.41) is 0. The molecule has 7 heteroatoms. The molecule has 0 aromatic heterocycles. The highest BCUT2D eigenvalue weighted by Gasteiger charge is 2.48. The van der Waals surface area contributed by atoms with Gasteiger partial charge in [-0.25, -0.2) is 0 Å². The van der Waals surface area contributed by atoms with Crippen molar-refractivity contribution in [3.8, 4) is 0 Å². The lowest BCUT2D eigenvalue weighted by atomic mass is 10.0. The van der Waals surface area contributed by atoms with Gasteiger partial charge >= 0.3 is 6.18 Å². The molecule has 0 unspecified atom stereocenters. The van der Waals surface area contributed by atoms with Crippen LogP contribution in [0.15, 0.2) is 11.6 Å². The molecule has 0 aromatic rings. The topological polar surface area (TPSA) is 36.9 Å². The van der Waals surface area contributed by atoms with Gasteiger partial charge in [-0.05, 0) is 19.9 Å². The lowest BCUT2D eigenvalue weighted by molar-refractivity contribution is -0.324. The van der Waals surface area contributed by atoms with Crippen LogP contribution < -0.4 is 0 Å². The van der Waals surface area contributed by atoms with Gasteiger partial charge in [-0.2, -0.15) is 13.2 Å². The molecule has 0 N–H and O–H groups in total. The summed E-state index contributed by atoms with van der Waals surface area (Å²) in [6.07, 6.45) is -6.28. The first kappa shape index (κ1) is 13.8. The van der Waals surface area contributed by atoms with Crippen LogP contribution in [0.5, 0.6) is 0 Å². The number of alkyl halides is 3. The smallest absolute Gasteiger partial charge is 0.352 e. The second-order valence-electron chi connectivity index (χ2n) is 4.66. The third kappa shape index (κ3) is 2.69. The monoisotopic (exact) mass is 268 g/mol. The Morgan fingerprint density at radius 1 is 1.39 bits per heavy atom. The Morgan fingerprint density at radius 3 is 2.61 bits per heavy atom. The summed E-state index contributed by atoms with van der Waals surface area (Å²) < 4.78 is 59.1. The molecule has 0 spiro atoms. The molecule has 18 heavy (non-hydrogen) atoms. The molecule has 1 fully saturated rings. The molecule has 0 amide bonds. The van der Waals surface area contributed by atoms with Gasteiger partial charge in [0.15, 0.2) is 12.1 Å². The zero-order chi connectivity index (χ0) is 13.6. The Bertz CT molecular complexity index is 351. The zero-order valence-electron chi connectivity index (χ0n) is 10.3. The van der Waals surface area contributed by atoms with Crippen LogP contribution >= 0.6 is 0 Å². The van der Waals surface area contributed by atoms with Crippen molar-refractivity contribution >= 4 is 0 Å². The minimum Gasteiger partial charge on any atom is -0.352 e. The first-order valence-electron chi connectivity index (χ1n) is 5.52. The van der Waals surface area contributed by atoms with Gasteiger partial charge in [0.2, 0.25) is 0 Å². The highest BCUT2D eigenvalue weighted by Crippen LogP contribution is 2.37. The SMILES string of the molecule is CO[C@H]1O[C@@H]2COC(C)(C)O[C@H]2C=C1C(F)(F)F. The number of fused-ring (bicyclic) bond motifs is 1. The third-order valence-corrected chi connectivity index (χ3v) is 2.82. The quantitative estimate of drug-likeness (QED) is 0.682. The van der Waals surface area contributed by atoms with E-state index in [0.29, 0.717) is 0 Å². The Morgan fingerprint density at radius 2 is 2.06 bits per heavy atom. The minimum atomic E-state index is -4.50. The van der Waals surface area contributed by atoms with E-state index in [1.807, 2.05) is 0 Å². The number of methoxy groups -OCH3 is 1. The molecule has 2 aliphatic rings. The highest BCUT2D eigenvalue weighted by atomic mass is 19.4. The van der Waals surface area contributed by atoms with E-state index in [1.165, 1.54) is 7.11 Å². The number of halogens is 3. The Labute approximate surface area is 103 Å². The molecule has 3 atom stereocenters. The Hall–Kier alpha value is -0.630. The first-order chi connectivity index (χ1) is 8.23. The molecule has 0 saturated carbocycles. The van der Waals surface area contributed by atoms with Crippen LogP contribution in [-0.2, 0) is 18.9 Å². The largest absolute Gasteiger partial charge is 0.417 e. The summed E-state index contributed by atoms with van der Waals surface area (Å²) in [7, 11) is 1.17. The van der Waals surface area contributed by atoms with Crippen LogP contribution in [0.1, 0.15) is 13.8 Å². The minimum absolute atomic E-state index is 0.166. The normalized spacial score (nSPS) is 35.9. The number of hydrogen-bond donors (Lipinski definition) is 0. The van der Waals surface area contributed by atoms with E-state index >= 15 is 0 Å². The summed E-state index contributed by atoms with van der Waals surface area (Å²) >= 11 is 0. The maximum atomic E-state index is 12.8. The molecule has 2 heterocycles. The van der Waals surface area contributed by atoms with Crippen LogP contribution in [0.2, 0.25) is 0 Å². The molecule has 2 aliphatic heterocycles. The summed E-state index contributed by atoms with van der Waals surface area (Å²) in [5.41, 5.74) is -0.871. The second kappa shape index (κ2) is 4.48. The predicted octanol–water partition coefficient (Wildman–Crippen LogP) is 2.00. The molecule has 0 bridgehead atoms. The maximum Gasteiger partial charge on any atom is 0.417 e. The van der Waals surface area contributed by atoms with Gasteiger partial charge in [0, 0.05) is 7.11 Å². The van der Waals surface area contributed by atoms with Crippen molar-refractivity contribution in [2.24, 2.45) is 0 Å². The molecule has 104 valence electrons. The van der Waals surface area contributed by atoms with Gasteiger partial charge in [-0.3, -0.25) is 0 Å². The van der Waals surface area contributed by atoms with E-state index < -0.39 is 36.0 Å². The molecular weight excluding hydrogens is 253 g/mol. The van der Waals surface area contributed by atoms with E-state index in [4.69, 9.17) is 18.9 Å². The van der Waals surface area contributed by atoms with Crippen LogP contribution in [0.25, 0.3) is 0 Å². The Kier molecular flexibility index (Phi) is 3.44. The lowest BCUT2D eigenvalue weighted by Crippen LogP contribution is -2.53. The van der Waals surface area contributed by atoms with Crippen molar-refractivity contribution in [2.75, 3.05) is 13.7 Å². The van der Waals surface area contributed by atoms with Crippen molar-refractivity contribution in [1.82, 2.24) is 0 Å².